The second-order valence-corrected chi connectivity index (χ2v) is 1.80. The number of hydrogen-bond donors (Lipinski definition) is 0. The smallest absolute Gasteiger partial charge is 0 e. The van der Waals surface area contributed by atoms with Gasteiger partial charge in [0.15, 0.2) is 0 Å². The lowest BCUT2D eigenvalue weighted by Crippen LogP contribution is -1.77. The van der Waals surface area contributed by atoms with Crippen LogP contribution in [-0.2, 0) is 0 Å². The summed E-state index contributed by atoms with van der Waals surface area (Å²) < 4.78 is 0. The molecule has 0 aliphatic heterocycles. The molecule has 0 nitrogen and oxygen atoms in total. The normalized spacial score (nSPS) is 4.91. The van der Waals surface area contributed by atoms with Crippen LogP contribution in [0.5, 0.6) is 0 Å². The van der Waals surface area contributed by atoms with Crippen molar-refractivity contribution < 1.29 is 0 Å². The number of hydrogen-bond acceptors (Lipinski definition) is 0. The molecule has 0 spiro atoms. The Kier molecular flexibility index (Phi) is 199. The van der Waals surface area contributed by atoms with E-state index in [4.69, 9.17) is 0 Å². The monoisotopic (exact) mass is 161 g/mol. The summed E-state index contributed by atoms with van der Waals surface area (Å²) in [5.74, 6) is 0.884. The fourth-order valence-corrected chi connectivity index (χ4v) is 0. The van der Waals surface area contributed by atoms with Crippen molar-refractivity contribution in [3.8, 4) is 0 Å². The zero-order valence-electron chi connectivity index (χ0n) is 6.86. The summed E-state index contributed by atoms with van der Waals surface area (Å²) in [6.07, 6.45) is 1.31. The van der Waals surface area contributed by atoms with Crippen LogP contribution in [0.25, 0.3) is 0 Å². The van der Waals surface area contributed by atoms with Gasteiger partial charge in [-0.2, -0.15) is 0 Å². The number of rotatable bonds is 1. The van der Waals surface area contributed by atoms with E-state index in [1.165, 1.54) is 6.42 Å². The molecule has 0 amide bonds. The molecule has 0 saturated heterocycles. The minimum atomic E-state index is 0. The van der Waals surface area contributed by atoms with E-state index < -0.39 is 0 Å². The molecule has 0 aromatic rings. The Morgan fingerprint density at radius 2 is 1.00 bits per heavy atom. The maximum atomic E-state index is 2.22. The zero-order valence-corrected chi connectivity index (χ0v) is 6.86. The van der Waals surface area contributed by atoms with Gasteiger partial charge in [-0.3, -0.25) is 0 Å². The minimum absolute atomic E-state index is 0. The largest absolute Gasteiger partial charge is 0.0776 e. The predicted octanol–water partition coefficient (Wildman–Crippen LogP) is 4.61. The highest BCUT2D eigenvalue weighted by Crippen LogP contribution is 1.93. The highest BCUT2D eigenvalue weighted by atomic mass is 13.9. The van der Waals surface area contributed by atoms with E-state index in [1.54, 1.807) is 0 Å². The molecule has 0 aromatic carbocycles. The van der Waals surface area contributed by atoms with Gasteiger partial charge in [-0.05, 0) is 5.92 Å². The van der Waals surface area contributed by atoms with Crippen LogP contribution in [-0.4, -0.2) is 8.41 Å². The van der Waals surface area contributed by atoms with Crippen molar-refractivity contribution in [3.05, 3.63) is 0 Å². The van der Waals surface area contributed by atoms with E-state index in [9.17, 15) is 0 Å². The van der Waals surface area contributed by atoms with Crippen molar-refractivity contribution in [2.45, 2.75) is 63.3 Å². The summed E-state index contributed by atoms with van der Waals surface area (Å²) in [5, 5.41) is 0. The van der Waals surface area contributed by atoms with Gasteiger partial charge in [-0.25, -0.2) is 0 Å². The molecule has 0 bridgehead atoms. The van der Waals surface area contributed by atoms with Crippen LogP contribution in [0, 0.1) is 5.92 Å². The Morgan fingerprint density at radius 1 is 0.909 bits per heavy atom. The van der Waals surface area contributed by atoms with Crippen LogP contribution in [0.15, 0.2) is 0 Å². The summed E-state index contributed by atoms with van der Waals surface area (Å²) in [4.78, 5) is 0. The summed E-state index contributed by atoms with van der Waals surface area (Å²) >= 11 is 0. The average molecular weight is 161 g/mol. The molecule has 0 fully saturated rings. The maximum absolute atomic E-state index is 2.22. The van der Waals surface area contributed by atoms with Crippen LogP contribution in [0.4, 0.5) is 0 Å². The fraction of sp³-hybridized carbons (Fsp3) is 1.00. The van der Waals surface area contributed by atoms with E-state index in [0.29, 0.717) is 0 Å². The molecule has 0 heterocycles. The molecule has 0 rings (SSSR count). The molecule has 0 aromatic heterocycles. The van der Waals surface area contributed by atoms with Crippen molar-refractivity contribution in [2.24, 2.45) is 5.92 Å². The first-order valence-electron chi connectivity index (χ1n) is 3.27. The SMILES string of the molecule is C.C.C.CC.CCC(C)C.[B]. The van der Waals surface area contributed by atoms with E-state index in [1.807, 2.05) is 13.8 Å². The first-order valence-corrected chi connectivity index (χ1v) is 3.27. The molecule has 11 heavy (non-hydrogen) atoms. The van der Waals surface area contributed by atoms with Crippen LogP contribution in [0.2, 0.25) is 0 Å². The average Bonchev–Trinajstić information content (AvgIpc) is 1.73. The molecule has 0 atom stereocenters. The molecule has 0 aliphatic rings. The van der Waals surface area contributed by atoms with Gasteiger partial charge < -0.3 is 0 Å². The van der Waals surface area contributed by atoms with Gasteiger partial charge in [0.05, 0.1) is 0 Å². The van der Waals surface area contributed by atoms with E-state index in [0.717, 1.165) is 5.92 Å². The van der Waals surface area contributed by atoms with Crippen LogP contribution in [0.1, 0.15) is 63.3 Å². The first kappa shape index (κ1) is 43.7. The summed E-state index contributed by atoms with van der Waals surface area (Å²) in [6.45, 7) is 10.6. The third-order valence-corrected chi connectivity index (χ3v) is 0.816. The highest BCUT2D eigenvalue weighted by Gasteiger charge is 1.80. The molecule has 0 aliphatic carbocycles. The predicted molar refractivity (Wildman–Crippen MR) is 62.4 cm³/mol. The minimum Gasteiger partial charge on any atom is -0.0776 e. The van der Waals surface area contributed by atoms with Gasteiger partial charge in [-0.1, -0.05) is 63.3 Å². The topological polar surface area (TPSA) is 0 Å². The second kappa shape index (κ2) is 50.1. The lowest BCUT2D eigenvalue weighted by molar-refractivity contribution is 0.626. The standard InChI is InChI=1S/C5H12.C2H6.3CH4.B/c1-4-5(2)3;1-2;;;;/h5H,4H2,1-3H3;1-2H3;3*1H4;. The lowest BCUT2D eigenvalue weighted by atomic mass is 10.2. The molecule has 0 saturated carbocycles. The lowest BCUT2D eigenvalue weighted by Gasteiger charge is -1.90. The molecular formula is C10H30B. The van der Waals surface area contributed by atoms with Crippen LogP contribution in [0.3, 0.4) is 0 Å². The molecule has 0 N–H and O–H groups in total. The van der Waals surface area contributed by atoms with Gasteiger partial charge in [0, 0.05) is 8.41 Å². The molecule has 73 valence electrons. The van der Waals surface area contributed by atoms with Crippen molar-refractivity contribution in [1.82, 2.24) is 0 Å². The summed E-state index contributed by atoms with van der Waals surface area (Å²) in [7, 11) is 0. The Hall–Kier alpha value is 0.0649. The Bertz CT molecular complexity index is 18.8. The Morgan fingerprint density at radius 3 is 1.00 bits per heavy atom. The van der Waals surface area contributed by atoms with E-state index in [2.05, 4.69) is 20.8 Å². The van der Waals surface area contributed by atoms with Crippen molar-refractivity contribution in [2.75, 3.05) is 0 Å². The van der Waals surface area contributed by atoms with Gasteiger partial charge >= 0.3 is 0 Å². The zero-order chi connectivity index (χ0) is 6.28. The van der Waals surface area contributed by atoms with Gasteiger partial charge in [0.1, 0.15) is 0 Å². The highest BCUT2D eigenvalue weighted by molar-refractivity contribution is 5.75. The molecular weight excluding hydrogens is 131 g/mol. The molecule has 0 unspecified atom stereocenters. The third kappa shape index (κ3) is 154. The molecule has 3 radical (unpaired) electrons. The van der Waals surface area contributed by atoms with Crippen molar-refractivity contribution in [1.29, 1.82) is 0 Å². The molecule has 1 heteroatoms. The Labute approximate surface area is 78.4 Å². The van der Waals surface area contributed by atoms with Gasteiger partial charge in [-0.15, -0.1) is 0 Å². The Balaban J connectivity index is -0.00000000972. The van der Waals surface area contributed by atoms with Crippen LogP contribution < -0.4 is 0 Å². The first-order chi connectivity index (χ1) is 3.27. The van der Waals surface area contributed by atoms with Crippen LogP contribution >= 0.6 is 0 Å². The summed E-state index contributed by atoms with van der Waals surface area (Å²) in [5.41, 5.74) is 0. The quantitative estimate of drug-likeness (QED) is 0.493. The summed E-state index contributed by atoms with van der Waals surface area (Å²) in [6, 6.07) is 0. The van der Waals surface area contributed by atoms with Gasteiger partial charge in [0.25, 0.3) is 0 Å². The van der Waals surface area contributed by atoms with Crippen molar-refractivity contribution >= 4 is 8.41 Å². The second-order valence-electron chi connectivity index (χ2n) is 1.80. The fourth-order valence-electron chi connectivity index (χ4n) is 0. The maximum Gasteiger partial charge on any atom is 0 e. The van der Waals surface area contributed by atoms with E-state index in [-0.39, 0.29) is 30.7 Å². The third-order valence-electron chi connectivity index (χ3n) is 0.816. The van der Waals surface area contributed by atoms with Crippen molar-refractivity contribution in [3.63, 3.8) is 0 Å². The van der Waals surface area contributed by atoms with E-state index >= 15 is 0 Å². The van der Waals surface area contributed by atoms with Gasteiger partial charge in [0.2, 0.25) is 0 Å².